The Bertz CT molecular complexity index is 513. The number of nitrogens with zero attached hydrogens (tertiary/aromatic N) is 2. The van der Waals surface area contributed by atoms with Crippen molar-refractivity contribution >= 4 is 11.9 Å². The highest BCUT2D eigenvalue weighted by molar-refractivity contribution is 5.91. The Morgan fingerprint density at radius 1 is 1.55 bits per heavy atom. The Morgan fingerprint density at radius 2 is 2.30 bits per heavy atom. The molecule has 2 unspecified atom stereocenters. The normalized spacial score (nSPS) is 25.6. The Kier molecular flexibility index (Phi) is 4.06. The first-order valence-corrected chi connectivity index (χ1v) is 6.93. The number of amides is 1. The molecule has 0 spiro atoms. The van der Waals surface area contributed by atoms with Crippen LogP contribution < -0.4 is 5.32 Å². The van der Waals surface area contributed by atoms with Gasteiger partial charge in [0.25, 0.3) is 5.91 Å². The molecule has 110 valence electrons. The van der Waals surface area contributed by atoms with Crippen molar-refractivity contribution < 1.29 is 14.7 Å². The SMILES string of the molecule is CCCc1nc(C(=O)NC2CCCC2(C)C(=O)O)n[nH]1. The molecule has 2 rings (SSSR count). The second-order valence-electron chi connectivity index (χ2n) is 5.50. The first-order valence-electron chi connectivity index (χ1n) is 6.93. The van der Waals surface area contributed by atoms with Crippen LogP contribution in [0, 0.1) is 5.41 Å². The standard InChI is InChI=1S/C13H20N4O3/c1-3-5-9-15-10(17-16-9)11(18)14-8-6-4-7-13(8,2)12(19)20/h8H,3-7H2,1-2H3,(H,14,18)(H,19,20)(H,15,16,17). The van der Waals surface area contributed by atoms with Gasteiger partial charge in [0.15, 0.2) is 0 Å². The molecule has 1 aromatic rings. The number of carbonyl (C=O) groups is 2. The van der Waals surface area contributed by atoms with Gasteiger partial charge in [-0.2, -0.15) is 0 Å². The summed E-state index contributed by atoms with van der Waals surface area (Å²) >= 11 is 0. The second-order valence-corrected chi connectivity index (χ2v) is 5.50. The van der Waals surface area contributed by atoms with Gasteiger partial charge in [-0.1, -0.05) is 13.3 Å². The van der Waals surface area contributed by atoms with Gasteiger partial charge in [-0.25, -0.2) is 4.98 Å². The lowest BCUT2D eigenvalue weighted by molar-refractivity contribution is -0.148. The molecular weight excluding hydrogens is 260 g/mol. The maximum Gasteiger partial charge on any atom is 0.311 e. The summed E-state index contributed by atoms with van der Waals surface area (Å²) in [4.78, 5) is 27.5. The number of aliphatic carboxylic acids is 1. The molecule has 2 atom stereocenters. The number of hydrogen-bond acceptors (Lipinski definition) is 4. The third kappa shape index (κ3) is 2.66. The summed E-state index contributed by atoms with van der Waals surface area (Å²) < 4.78 is 0. The molecule has 7 nitrogen and oxygen atoms in total. The van der Waals surface area contributed by atoms with Gasteiger partial charge in [-0.15, -0.1) is 5.10 Å². The number of rotatable bonds is 5. The number of carbonyl (C=O) groups excluding carboxylic acids is 1. The van der Waals surface area contributed by atoms with E-state index in [1.165, 1.54) is 0 Å². The maximum absolute atomic E-state index is 12.1. The van der Waals surface area contributed by atoms with Gasteiger partial charge in [0.2, 0.25) is 5.82 Å². The number of H-pyrrole nitrogens is 1. The minimum Gasteiger partial charge on any atom is -0.481 e. The van der Waals surface area contributed by atoms with E-state index in [1.54, 1.807) is 6.92 Å². The highest BCUT2D eigenvalue weighted by atomic mass is 16.4. The highest BCUT2D eigenvalue weighted by Crippen LogP contribution is 2.38. The summed E-state index contributed by atoms with van der Waals surface area (Å²) in [6.45, 7) is 3.69. The van der Waals surface area contributed by atoms with E-state index in [0.717, 1.165) is 19.3 Å². The molecule has 0 bridgehead atoms. The van der Waals surface area contributed by atoms with Gasteiger partial charge < -0.3 is 10.4 Å². The van der Waals surface area contributed by atoms with E-state index >= 15 is 0 Å². The van der Waals surface area contributed by atoms with Crippen molar-refractivity contribution in [3.05, 3.63) is 11.6 Å². The number of hydrogen-bond donors (Lipinski definition) is 3. The monoisotopic (exact) mass is 280 g/mol. The minimum atomic E-state index is -0.905. The summed E-state index contributed by atoms with van der Waals surface area (Å²) in [5.74, 6) is -0.539. The Morgan fingerprint density at radius 3 is 2.95 bits per heavy atom. The second kappa shape index (κ2) is 5.60. The molecule has 1 amide bonds. The number of nitrogens with one attached hydrogen (secondary N) is 2. The zero-order valence-corrected chi connectivity index (χ0v) is 11.8. The summed E-state index contributed by atoms with van der Waals surface area (Å²) in [5.41, 5.74) is -0.905. The summed E-state index contributed by atoms with van der Waals surface area (Å²) in [5, 5.41) is 18.7. The van der Waals surface area contributed by atoms with Gasteiger partial charge >= 0.3 is 5.97 Å². The van der Waals surface area contributed by atoms with Crippen LogP contribution in [-0.4, -0.2) is 38.2 Å². The molecule has 1 heterocycles. The zero-order valence-electron chi connectivity index (χ0n) is 11.8. The fraction of sp³-hybridized carbons (Fsp3) is 0.692. The molecule has 3 N–H and O–H groups in total. The molecule has 0 aromatic carbocycles. The zero-order chi connectivity index (χ0) is 14.8. The maximum atomic E-state index is 12.1. The number of aromatic amines is 1. The number of carboxylic acids is 1. The minimum absolute atomic E-state index is 0.0769. The fourth-order valence-corrected chi connectivity index (χ4v) is 2.62. The van der Waals surface area contributed by atoms with Crippen molar-refractivity contribution in [2.75, 3.05) is 0 Å². The smallest absolute Gasteiger partial charge is 0.311 e. The van der Waals surface area contributed by atoms with Crippen molar-refractivity contribution in [3.63, 3.8) is 0 Å². The summed E-state index contributed by atoms with van der Waals surface area (Å²) in [6.07, 6.45) is 3.68. The van der Waals surface area contributed by atoms with Crippen LogP contribution in [-0.2, 0) is 11.2 Å². The summed E-state index contributed by atoms with van der Waals surface area (Å²) in [6, 6.07) is -0.374. The Labute approximate surface area is 117 Å². The van der Waals surface area contributed by atoms with E-state index in [2.05, 4.69) is 20.5 Å². The van der Waals surface area contributed by atoms with Crippen molar-refractivity contribution in [2.45, 2.75) is 52.0 Å². The van der Waals surface area contributed by atoms with Crippen molar-refractivity contribution in [3.8, 4) is 0 Å². The lowest BCUT2D eigenvalue weighted by atomic mass is 9.85. The van der Waals surface area contributed by atoms with Crippen LogP contribution in [0.4, 0.5) is 0 Å². The van der Waals surface area contributed by atoms with E-state index < -0.39 is 17.3 Å². The van der Waals surface area contributed by atoms with Crippen molar-refractivity contribution in [1.29, 1.82) is 0 Å². The highest BCUT2D eigenvalue weighted by Gasteiger charge is 2.46. The Hall–Kier alpha value is -1.92. The molecule has 7 heteroatoms. The molecule has 1 aliphatic carbocycles. The van der Waals surface area contributed by atoms with Gasteiger partial charge in [0, 0.05) is 12.5 Å². The third-order valence-corrected chi connectivity index (χ3v) is 3.97. The molecular formula is C13H20N4O3. The van der Waals surface area contributed by atoms with Gasteiger partial charge in [0.1, 0.15) is 5.82 Å². The van der Waals surface area contributed by atoms with Gasteiger partial charge in [0.05, 0.1) is 5.41 Å². The number of aryl methyl sites for hydroxylation is 1. The molecule has 1 fully saturated rings. The largest absolute Gasteiger partial charge is 0.481 e. The van der Waals surface area contributed by atoms with E-state index in [1.807, 2.05) is 6.92 Å². The van der Waals surface area contributed by atoms with E-state index in [9.17, 15) is 14.7 Å². The molecule has 0 radical (unpaired) electrons. The third-order valence-electron chi connectivity index (χ3n) is 3.97. The molecule has 0 saturated heterocycles. The molecule has 1 aromatic heterocycles. The average Bonchev–Trinajstić information content (AvgIpc) is 2.99. The lowest BCUT2D eigenvalue weighted by Crippen LogP contribution is -2.47. The van der Waals surface area contributed by atoms with Crippen LogP contribution in [0.15, 0.2) is 0 Å². The predicted molar refractivity (Wildman–Crippen MR) is 71.2 cm³/mol. The van der Waals surface area contributed by atoms with Gasteiger partial charge in [-0.3, -0.25) is 14.7 Å². The van der Waals surface area contributed by atoms with E-state index in [4.69, 9.17) is 0 Å². The van der Waals surface area contributed by atoms with Crippen LogP contribution in [0.25, 0.3) is 0 Å². The fourth-order valence-electron chi connectivity index (χ4n) is 2.62. The summed E-state index contributed by atoms with van der Waals surface area (Å²) in [7, 11) is 0. The van der Waals surface area contributed by atoms with Crippen LogP contribution in [0.3, 0.4) is 0 Å². The van der Waals surface area contributed by atoms with Crippen LogP contribution in [0.5, 0.6) is 0 Å². The average molecular weight is 280 g/mol. The first kappa shape index (κ1) is 14.5. The van der Waals surface area contributed by atoms with Crippen LogP contribution >= 0.6 is 0 Å². The van der Waals surface area contributed by atoms with Crippen LogP contribution in [0.2, 0.25) is 0 Å². The first-order chi connectivity index (χ1) is 9.47. The van der Waals surface area contributed by atoms with E-state index in [-0.39, 0.29) is 11.9 Å². The topological polar surface area (TPSA) is 108 Å². The van der Waals surface area contributed by atoms with Crippen molar-refractivity contribution in [1.82, 2.24) is 20.5 Å². The Balaban J connectivity index is 2.05. The molecule has 0 aliphatic heterocycles. The number of aromatic nitrogens is 3. The van der Waals surface area contributed by atoms with Gasteiger partial charge in [-0.05, 0) is 26.2 Å². The predicted octanol–water partition coefficient (Wildman–Crippen LogP) is 1.13. The quantitative estimate of drug-likeness (QED) is 0.749. The van der Waals surface area contributed by atoms with Crippen molar-refractivity contribution in [2.24, 2.45) is 5.41 Å². The lowest BCUT2D eigenvalue weighted by Gasteiger charge is -2.27. The molecule has 20 heavy (non-hydrogen) atoms. The van der Waals surface area contributed by atoms with Crippen LogP contribution in [0.1, 0.15) is 56.0 Å². The molecule has 1 saturated carbocycles. The number of carboxylic acid groups (broad SMARTS) is 1. The molecule has 1 aliphatic rings. The van der Waals surface area contributed by atoms with E-state index in [0.29, 0.717) is 18.7 Å².